The van der Waals surface area contributed by atoms with Gasteiger partial charge in [-0.1, -0.05) is 36.2 Å². The van der Waals surface area contributed by atoms with Crippen LogP contribution in [0.4, 0.5) is 0 Å². The van der Waals surface area contributed by atoms with E-state index in [1.54, 1.807) is 0 Å². The molecule has 0 radical (unpaired) electrons. The van der Waals surface area contributed by atoms with E-state index in [2.05, 4.69) is 0 Å². The average Bonchev–Trinajstić information content (AvgIpc) is 1.39. The number of hydrogen-bond donors (Lipinski definition) is 1. The zero-order chi connectivity index (χ0) is 5.41. The van der Waals surface area contributed by atoms with Crippen LogP contribution in [0.2, 0.25) is 0 Å². The zero-order valence-corrected chi connectivity index (χ0v) is 9.45. The zero-order valence-electron chi connectivity index (χ0n) is 5.03. The van der Waals surface area contributed by atoms with E-state index >= 15 is 0 Å². The van der Waals surface area contributed by atoms with Crippen LogP contribution in [0.15, 0.2) is 0 Å². The molecule has 4 N–H and O–H groups in total. The Bertz CT molecular complexity index is 65.3. The average molecular weight is 268 g/mol. The minimum Gasteiger partial charge on any atom is -0.870 e. The summed E-state index contributed by atoms with van der Waals surface area (Å²) in [7, 11) is 0. The van der Waals surface area contributed by atoms with Gasteiger partial charge in [-0.15, -0.1) is 0 Å². The summed E-state index contributed by atoms with van der Waals surface area (Å²) in [6.45, 7) is 0.500. The molecule has 6 nitrogen and oxygen atoms in total. The van der Waals surface area contributed by atoms with Crippen molar-refractivity contribution < 1.29 is 30.4 Å². The van der Waals surface area contributed by atoms with Gasteiger partial charge in [-0.2, -0.15) is 9.59 Å². The van der Waals surface area contributed by atoms with Crippen molar-refractivity contribution in [2.75, 3.05) is 0 Å². The van der Waals surface area contributed by atoms with Gasteiger partial charge in [0.05, 0.1) is 0 Å². The van der Waals surface area contributed by atoms with E-state index < -0.39 is 0 Å². The van der Waals surface area contributed by atoms with E-state index in [4.69, 9.17) is 19.5 Å². The van der Waals surface area contributed by atoms with Crippen LogP contribution in [0.5, 0.6) is 0 Å². The third kappa shape index (κ3) is 1210. The Morgan fingerprint density at radius 1 is 0.929 bits per heavy atom. The Labute approximate surface area is 146 Å². The summed E-state index contributed by atoms with van der Waals surface area (Å²) in [4.78, 5) is 24.5. The molecule has 0 atom stereocenters. The molecule has 0 fully saturated rings. The van der Waals surface area contributed by atoms with Gasteiger partial charge in [-0.25, -0.2) is 0 Å². The molecule has 0 aliphatic rings. The second kappa shape index (κ2) is 233. The van der Waals surface area contributed by atoms with Gasteiger partial charge in [0.2, 0.25) is 0 Å². The van der Waals surface area contributed by atoms with E-state index in [0.29, 0.717) is 6.47 Å². The van der Waals surface area contributed by atoms with Crippen molar-refractivity contribution in [1.82, 2.24) is 0 Å². The molecule has 0 heterocycles. The summed E-state index contributed by atoms with van der Waals surface area (Å²) in [6.07, 6.45) is 0.250. The molecule has 0 amide bonds. The second-order valence-corrected chi connectivity index (χ2v) is 0.175. The summed E-state index contributed by atoms with van der Waals surface area (Å²) in [6, 6.07) is 0. The smallest absolute Gasteiger partial charge is 0.870 e. The summed E-state index contributed by atoms with van der Waals surface area (Å²) in [5.41, 5.74) is 0. The van der Waals surface area contributed by atoms with Gasteiger partial charge in [-0.05, 0) is 0 Å². The fourth-order valence-corrected chi connectivity index (χ4v) is 0. The van der Waals surface area contributed by atoms with Crippen molar-refractivity contribution >= 4 is 88.1 Å². The number of aliphatic hydroxyl groups excluding tert-OH is 1. The second-order valence-electron chi connectivity index (χ2n) is 0.175. The largest absolute Gasteiger partial charge is 2.00 e. The van der Waals surface area contributed by atoms with Gasteiger partial charge >= 0.3 is 81.6 Å². The topological polar surface area (TPSA) is 133 Å². The first-order chi connectivity index (χ1) is 2.83. The van der Waals surface area contributed by atoms with E-state index in [9.17, 15) is 0 Å². The summed E-state index contributed by atoms with van der Waals surface area (Å²) >= 11 is 0. The van der Waals surface area contributed by atoms with Crippen LogP contribution in [0.3, 0.4) is 0 Å². The van der Waals surface area contributed by atoms with Crippen LogP contribution < -0.4 is 0 Å². The molecule has 0 bridgehead atoms. The summed E-state index contributed by atoms with van der Waals surface area (Å²) in [5, 5.41) is 6.76. The van der Waals surface area contributed by atoms with E-state index in [0.717, 1.165) is 0 Å². The molecule has 0 aromatic rings. The molecule has 0 aromatic carbocycles. The predicted octanol–water partition coefficient (Wildman–Crippen LogP) is -0.191. The molecule has 0 aliphatic heterocycles. The van der Waals surface area contributed by atoms with Gasteiger partial charge in [0.25, 0.3) is 0 Å². The SMILES string of the molecule is C.C.C.C.O.O=C=O.O=[C-]O.[Ca+2].[Ca+2].[OH-]. The van der Waals surface area contributed by atoms with Gasteiger partial charge in [0, 0.05) is 0 Å². The molecule has 0 rings (SSSR count). The molecule has 0 unspecified atom stereocenters. The Kier molecular flexibility index (Phi) is 1860. The van der Waals surface area contributed by atoms with Crippen molar-refractivity contribution in [1.29, 1.82) is 0 Å². The number of carbonyl (C=O) groups excluding carboxylic acids is 2. The number of hydrogen-bond acceptors (Lipinski definition) is 4. The molecule has 0 saturated heterocycles. The molecule has 0 spiro atoms. The molecule has 0 saturated carbocycles. The summed E-state index contributed by atoms with van der Waals surface area (Å²) < 4.78 is 0. The fourth-order valence-electron chi connectivity index (χ4n) is 0. The van der Waals surface area contributed by atoms with Crippen molar-refractivity contribution in [2.24, 2.45) is 0 Å². The van der Waals surface area contributed by atoms with Gasteiger partial charge in [-0.3, -0.25) is 0 Å². The molecule has 8 heteroatoms. The Hall–Kier alpha value is 1.29. The van der Waals surface area contributed by atoms with E-state index in [1.807, 2.05) is 0 Å². The van der Waals surface area contributed by atoms with Crippen LogP contribution in [-0.4, -0.2) is 104 Å². The Balaban J connectivity index is -0.00000000182. The van der Waals surface area contributed by atoms with Crippen LogP contribution in [0.1, 0.15) is 29.7 Å². The summed E-state index contributed by atoms with van der Waals surface area (Å²) in [5.74, 6) is 0. The molecule has 0 aliphatic carbocycles. The first kappa shape index (κ1) is 112. The standard InChI is InChI=1S/CHO2.CO2.4CH4.2Ca.2H2O/c2*2-1-3;;;;;;;;/h(H,2,3);;4*1H4;;;2*1H2/q-1;;;;;;2*+2;;/p-1. The third-order valence-electron chi connectivity index (χ3n) is 0. The third-order valence-corrected chi connectivity index (χ3v) is 0. The quantitative estimate of drug-likeness (QED) is 0.480. The molecule has 82 valence electrons. The maximum absolute atomic E-state index is 8.24. The first-order valence-electron chi connectivity index (χ1n) is 0.836. The first-order valence-corrected chi connectivity index (χ1v) is 0.836. The molecule has 0 aromatic heterocycles. The molecule has 14 heavy (non-hydrogen) atoms. The minimum absolute atomic E-state index is 0. The Morgan fingerprint density at radius 2 is 0.929 bits per heavy atom. The van der Waals surface area contributed by atoms with Crippen LogP contribution in [-0.2, 0) is 14.4 Å². The fraction of sp³-hybridized carbons (Fsp3) is 0.667. The van der Waals surface area contributed by atoms with E-state index in [-0.39, 0.29) is 122 Å². The van der Waals surface area contributed by atoms with Crippen molar-refractivity contribution in [3.05, 3.63) is 0 Å². The maximum Gasteiger partial charge on any atom is 2.00 e. The van der Waals surface area contributed by atoms with Crippen LogP contribution >= 0.6 is 0 Å². The van der Waals surface area contributed by atoms with Crippen LogP contribution in [0, 0.1) is 0 Å². The Morgan fingerprint density at radius 3 is 0.929 bits per heavy atom. The van der Waals surface area contributed by atoms with Gasteiger partial charge in [0.1, 0.15) is 0 Å². The maximum atomic E-state index is 8.24. The van der Waals surface area contributed by atoms with Crippen molar-refractivity contribution in [3.8, 4) is 0 Å². The van der Waals surface area contributed by atoms with Gasteiger partial charge in [0.15, 0.2) is 0 Å². The van der Waals surface area contributed by atoms with E-state index in [1.165, 1.54) is 0 Å². The van der Waals surface area contributed by atoms with Crippen molar-refractivity contribution in [2.45, 2.75) is 29.7 Å². The molecular weight excluding hydrogens is 248 g/mol. The monoisotopic (exact) mass is 268 g/mol. The van der Waals surface area contributed by atoms with Crippen LogP contribution in [0.25, 0.3) is 0 Å². The number of rotatable bonds is 0. The minimum atomic E-state index is 0. The van der Waals surface area contributed by atoms with Crippen molar-refractivity contribution in [3.63, 3.8) is 0 Å². The predicted molar refractivity (Wildman–Crippen MR) is 57.3 cm³/mol. The normalized spacial score (nSPS) is 1.43. The molecular formula is C6H20Ca2O6+2. The van der Waals surface area contributed by atoms with Gasteiger partial charge < -0.3 is 20.9 Å².